The number of hydrogen-bond donors (Lipinski definition) is 1. The van der Waals surface area contributed by atoms with Gasteiger partial charge in [0, 0.05) is 0 Å². The van der Waals surface area contributed by atoms with Gasteiger partial charge in [0.2, 0.25) is 0 Å². The molecular formula is C12H14O3. The molecule has 0 heterocycles. The second-order valence-electron chi connectivity index (χ2n) is 3.19. The van der Waals surface area contributed by atoms with E-state index in [9.17, 15) is 4.79 Å². The molecule has 0 spiro atoms. The molecule has 0 amide bonds. The minimum atomic E-state index is -0.844. The molecule has 1 aromatic rings. The number of carboxylic acids is 1. The number of carbonyl (C=O) groups is 1. The van der Waals surface area contributed by atoms with E-state index in [1.54, 1.807) is 37.5 Å². The summed E-state index contributed by atoms with van der Waals surface area (Å²) >= 11 is 0. The van der Waals surface area contributed by atoms with E-state index in [4.69, 9.17) is 9.84 Å². The number of rotatable bonds is 5. The molecule has 3 heteroatoms. The zero-order valence-corrected chi connectivity index (χ0v) is 8.64. The topological polar surface area (TPSA) is 46.5 Å². The van der Waals surface area contributed by atoms with Crippen LogP contribution in [0, 0.1) is 0 Å². The van der Waals surface area contributed by atoms with E-state index in [1.807, 2.05) is 0 Å². The van der Waals surface area contributed by atoms with Gasteiger partial charge < -0.3 is 9.84 Å². The number of methoxy groups -OCH3 is 1. The van der Waals surface area contributed by atoms with Crippen LogP contribution < -0.4 is 4.74 Å². The fraction of sp³-hybridized carbons (Fsp3) is 0.250. The summed E-state index contributed by atoms with van der Waals surface area (Å²) in [4.78, 5) is 11.0. The molecule has 0 radical (unpaired) electrons. The van der Waals surface area contributed by atoms with Crippen LogP contribution in [0.15, 0.2) is 36.9 Å². The first-order valence-corrected chi connectivity index (χ1v) is 4.66. The summed E-state index contributed by atoms with van der Waals surface area (Å²) < 4.78 is 5.04. The van der Waals surface area contributed by atoms with Gasteiger partial charge in [-0.1, -0.05) is 18.2 Å². The normalized spacial score (nSPS) is 11.8. The average Bonchev–Trinajstić information content (AvgIpc) is 2.25. The van der Waals surface area contributed by atoms with Gasteiger partial charge in [-0.25, -0.2) is 0 Å². The lowest BCUT2D eigenvalue weighted by molar-refractivity contribution is -0.138. The standard InChI is InChI=1S/C12H14O3/c1-3-5-11(12(13)14)9-6-4-7-10(8-9)15-2/h3-4,6-8,11H,1,5H2,2H3,(H,13,14)/t11-/m0/s1. The lowest BCUT2D eigenvalue weighted by Crippen LogP contribution is -2.10. The maximum atomic E-state index is 11.0. The van der Waals surface area contributed by atoms with E-state index in [0.717, 1.165) is 5.56 Å². The van der Waals surface area contributed by atoms with Crippen LogP contribution in [0.4, 0.5) is 0 Å². The molecule has 0 aliphatic heterocycles. The quantitative estimate of drug-likeness (QED) is 0.752. The molecule has 3 nitrogen and oxygen atoms in total. The van der Waals surface area contributed by atoms with Crippen LogP contribution in [-0.4, -0.2) is 18.2 Å². The van der Waals surface area contributed by atoms with Crippen molar-refractivity contribution in [2.45, 2.75) is 12.3 Å². The number of hydrogen-bond acceptors (Lipinski definition) is 2. The zero-order chi connectivity index (χ0) is 11.3. The molecule has 0 bridgehead atoms. The Bertz CT molecular complexity index is 358. The van der Waals surface area contributed by atoms with Crippen molar-refractivity contribution >= 4 is 5.97 Å². The van der Waals surface area contributed by atoms with Crippen molar-refractivity contribution in [1.82, 2.24) is 0 Å². The molecule has 1 aromatic carbocycles. The molecule has 0 aromatic heterocycles. The molecule has 1 atom stereocenters. The molecule has 0 fully saturated rings. The van der Waals surface area contributed by atoms with Gasteiger partial charge in [-0.15, -0.1) is 6.58 Å². The Morgan fingerprint density at radius 1 is 1.67 bits per heavy atom. The highest BCUT2D eigenvalue weighted by Crippen LogP contribution is 2.24. The molecule has 80 valence electrons. The van der Waals surface area contributed by atoms with Crippen molar-refractivity contribution in [2.75, 3.05) is 7.11 Å². The van der Waals surface area contributed by atoms with E-state index in [1.165, 1.54) is 0 Å². The summed E-state index contributed by atoms with van der Waals surface area (Å²) in [5.74, 6) is -0.719. The summed E-state index contributed by atoms with van der Waals surface area (Å²) in [6.07, 6.45) is 2.03. The van der Waals surface area contributed by atoms with Gasteiger partial charge in [-0.05, 0) is 24.1 Å². The van der Waals surface area contributed by atoms with Gasteiger partial charge in [-0.2, -0.15) is 0 Å². The fourth-order valence-electron chi connectivity index (χ4n) is 1.40. The van der Waals surface area contributed by atoms with Gasteiger partial charge >= 0.3 is 5.97 Å². The van der Waals surface area contributed by atoms with Gasteiger partial charge in [-0.3, -0.25) is 4.79 Å². The van der Waals surface area contributed by atoms with Crippen LogP contribution >= 0.6 is 0 Å². The van der Waals surface area contributed by atoms with E-state index in [2.05, 4.69) is 6.58 Å². The molecule has 0 aliphatic carbocycles. The van der Waals surface area contributed by atoms with E-state index < -0.39 is 11.9 Å². The van der Waals surface area contributed by atoms with Crippen LogP contribution in [-0.2, 0) is 4.79 Å². The highest BCUT2D eigenvalue weighted by molar-refractivity contribution is 5.76. The second kappa shape index (κ2) is 5.20. The first-order valence-electron chi connectivity index (χ1n) is 4.66. The third kappa shape index (κ3) is 2.84. The largest absolute Gasteiger partial charge is 0.497 e. The Morgan fingerprint density at radius 3 is 2.93 bits per heavy atom. The molecule has 1 N–H and O–H groups in total. The Morgan fingerprint density at radius 2 is 2.40 bits per heavy atom. The fourth-order valence-corrected chi connectivity index (χ4v) is 1.40. The summed E-state index contributed by atoms with van der Waals surface area (Å²) in [5, 5.41) is 9.03. The van der Waals surface area contributed by atoms with Crippen LogP contribution in [0.2, 0.25) is 0 Å². The lowest BCUT2D eigenvalue weighted by Gasteiger charge is -2.11. The Labute approximate surface area is 89.0 Å². The molecule has 1 rings (SSSR count). The highest BCUT2D eigenvalue weighted by atomic mass is 16.5. The monoisotopic (exact) mass is 206 g/mol. The molecule has 0 saturated heterocycles. The summed E-state index contributed by atoms with van der Waals surface area (Å²) in [5.41, 5.74) is 0.738. The van der Waals surface area contributed by atoms with Crippen LogP contribution in [0.5, 0.6) is 5.75 Å². The number of allylic oxidation sites excluding steroid dienone is 1. The van der Waals surface area contributed by atoms with Crippen molar-refractivity contribution in [3.8, 4) is 5.75 Å². The van der Waals surface area contributed by atoms with Crippen LogP contribution in [0.3, 0.4) is 0 Å². The number of aliphatic carboxylic acids is 1. The average molecular weight is 206 g/mol. The van der Waals surface area contributed by atoms with Gasteiger partial charge in [0.05, 0.1) is 13.0 Å². The van der Waals surface area contributed by atoms with Crippen molar-refractivity contribution < 1.29 is 14.6 Å². The molecule has 0 aliphatic rings. The van der Waals surface area contributed by atoms with Crippen molar-refractivity contribution in [3.63, 3.8) is 0 Å². The first kappa shape index (κ1) is 11.3. The Hall–Kier alpha value is -1.77. The number of ether oxygens (including phenoxy) is 1. The summed E-state index contributed by atoms with van der Waals surface area (Å²) in [6.45, 7) is 3.56. The predicted octanol–water partition coefficient (Wildman–Crippen LogP) is 2.44. The van der Waals surface area contributed by atoms with Gasteiger partial charge in [0.25, 0.3) is 0 Å². The third-order valence-corrected chi connectivity index (χ3v) is 2.20. The van der Waals surface area contributed by atoms with Crippen molar-refractivity contribution in [3.05, 3.63) is 42.5 Å². The Kier molecular flexibility index (Phi) is 3.92. The number of carboxylic acid groups (broad SMARTS) is 1. The summed E-state index contributed by atoms with van der Waals surface area (Å²) in [7, 11) is 1.56. The minimum absolute atomic E-state index is 0.419. The van der Waals surface area contributed by atoms with Crippen molar-refractivity contribution in [2.24, 2.45) is 0 Å². The molecular weight excluding hydrogens is 192 g/mol. The van der Waals surface area contributed by atoms with E-state index in [-0.39, 0.29) is 0 Å². The SMILES string of the molecule is C=CC[C@H](C(=O)O)c1cccc(OC)c1. The molecule has 0 saturated carbocycles. The van der Waals surface area contributed by atoms with E-state index >= 15 is 0 Å². The third-order valence-electron chi connectivity index (χ3n) is 2.20. The summed E-state index contributed by atoms with van der Waals surface area (Å²) in [6, 6.07) is 7.09. The first-order chi connectivity index (χ1) is 7.19. The maximum absolute atomic E-state index is 11.0. The number of benzene rings is 1. The van der Waals surface area contributed by atoms with Crippen LogP contribution in [0.1, 0.15) is 17.9 Å². The molecule has 0 unspecified atom stereocenters. The van der Waals surface area contributed by atoms with E-state index in [0.29, 0.717) is 12.2 Å². The Balaban J connectivity index is 2.99. The molecule has 15 heavy (non-hydrogen) atoms. The minimum Gasteiger partial charge on any atom is -0.497 e. The predicted molar refractivity (Wildman–Crippen MR) is 58.2 cm³/mol. The second-order valence-corrected chi connectivity index (χ2v) is 3.19. The van der Waals surface area contributed by atoms with Gasteiger partial charge in [0.1, 0.15) is 5.75 Å². The van der Waals surface area contributed by atoms with Gasteiger partial charge in [0.15, 0.2) is 0 Å². The zero-order valence-electron chi connectivity index (χ0n) is 8.64. The maximum Gasteiger partial charge on any atom is 0.311 e. The lowest BCUT2D eigenvalue weighted by atomic mass is 9.96. The van der Waals surface area contributed by atoms with Crippen LogP contribution in [0.25, 0.3) is 0 Å². The smallest absolute Gasteiger partial charge is 0.311 e. The highest BCUT2D eigenvalue weighted by Gasteiger charge is 2.18. The van der Waals surface area contributed by atoms with Crippen molar-refractivity contribution in [1.29, 1.82) is 0 Å².